The zero-order valence-electron chi connectivity index (χ0n) is 30.9. The summed E-state index contributed by atoms with van der Waals surface area (Å²) in [5.41, 5.74) is 12.4. The van der Waals surface area contributed by atoms with Crippen LogP contribution in [0.1, 0.15) is 17.9 Å². The Balaban J connectivity index is 1.16. The standard InChI is InChI=1S/C52H34N4S/c1-4-15-33(16-5-1)43-32-57-51-48(35-18-6-2-7-19-35)53-52(54-49(43)51)56-45-29-28-36(31-42(45)47-38-22-11-10-17-34(38)27-30-46(47)56)39-24-14-25-41-40-23-12-13-26-44(40)55(50(39)41)37-20-8-3-9-21-37/h1-15,17-33H,16H2. The van der Waals surface area contributed by atoms with Crippen molar-refractivity contribution in [3.05, 3.63) is 193 Å². The minimum Gasteiger partial charge on any atom is -0.309 e. The highest BCUT2D eigenvalue weighted by Crippen LogP contribution is 2.44. The van der Waals surface area contributed by atoms with Crippen LogP contribution in [-0.2, 0) is 0 Å². The third-order valence-corrected chi connectivity index (χ3v) is 12.7. The van der Waals surface area contributed by atoms with E-state index in [-0.39, 0.29) is 5.92 Å². The van der Waals surface area contributed by atoms with Crippen molar-refractivity contribution in [1.29, 1.82) is 0 Å². The molecule has 0 aliphatic heterocycles. The number of hydrogen-bond donors (Lipinski definition) is 0. The smallest absolute Gasteiger partial charge is 0.235 e. The number of allylic oxidation sites excluding steroid dienone is 4. The van der Waals surface area contributed by atoms with Gasteiger partial charge >= 0.3 is 0 Å². The second kappa shape index (κ2) is 12.7. The number of benzene rings is 7. The minimum absolute atomic E-state index is 0.272. The molecule has 4 nitrogen and oxygen atoms in total. The summed E-state index contributed by atoms with van der Waals surface area (Å²) in [6, 6.07) is 57.0. The molecular weight excluding hydrogens is 713 g/mol. The number of rotatable bonds is 5. The molecule has 0 saturated carbocycles. The molecule has 0 spiro atoms. The van der Waals surface area contributed by atoms with Crippen molar-refractivity contribution in [3.8, 4) is 34.0 Å². The molecule has 0 amide bonds. The predicted octanol–water partition coefficient (Wildman–Crippen LogP) is 14.0. The molecule has 4 aromatic heterocycles. The van der Waals surface area contributed by atoms with E-state index in [4.69, 9.17) is 9.97 Å². The molecule has 268 valence electrons. The number of nitrogens with zero attached hydrogens (tertiary/aromatic N) is 4. The van der Waals surface area contributed by atoms with E-state index >= 15 is 0 Å². The summed E-state index contributed by atoms with van der Waals surface area (Å²) in [6.45, 7) is 0. The lowest BCUT2D eigenvalue weighted by molar-refractivity contribution is 0.861. The number of para-hydroxylation sites is 3. The fourth-order valence-electron chi connectivity index (χ4n) is 9.16. The molecule has 1 atom stereocenters. The van der Waals surface area contributed by atoms with Crippen LogP contribution < -0.4 is 0 Å². The quantitative estimate of drug-likeness (QED) is 0.176. The molecule has 11 aromatic rings. The van der Waals surface area contributed by atoms with Crippen molar-refractivity contribution >= 4 is 75.9 Å². The maximum absolute atomic E-state index is 5.51. The first-order valence-electron chi connectivity index (χ1n) is 19.5. The first kappa shape index (κ1) is 32.2. The summed E-state index contributed by atoms with van der Waals surface area (Å²) >= 11 is 1.75. The van der Waals surface area contributed by atoms with Gasteiger partial charge in [-0.25, -0.2) is 9.97 Å². The molecular formula is C52H34N4S. The van der Waals surface area contributed by atoms with Gasteiger partial charge in [0.15, 0.2) is 0 Å². The van der Waals surface area contributed by atoms with Crippen LogP contribution in [0.2, 0.25) is 0 Å². The Bertz CT molecular complexity index is 3440. The molecule has 0 radical (unpaired) electrons. The number of thiophene rings is 1. The van der Waals surface area contributed by atoms with Gasteiger partial charge in [-0.3, -0.25) is 4.57 Å². The lowest BCUT2D eigenvalue weighted by Crippen LogP contribution is -2.04. The molecule has 4 heterocycles. The van der Waals surface area contributed by atoms with E-state index < -0.39 is 0 Å². The molecule has 12 rings (SSSR count). The van der Waals surface area contributed by atoms with E-state index in [9.17, 15) is 0 Å². The van der Waals surface area contributed by atoms with Crippen LogP contribution in [0.15, 0.2) is 187 Å². The lowest BCUT2D eigenvalue weighted by atomic mass is 9.93. The molecule has 1 unspecified atom stereocenters. The first-order valence-corrected chi connectivity index (χ1v) is 20.4. The summed E-state index contributed by atoms with van der Waals surface area (Å²) in [5, 5.41) is 9.59. The molecule has 7 aromatic carbocycles. The summed E-state index contributed by atoms with van der Waals surface area (Å²) < 4.78 is 5.84. The van der Waals surface area contributed by atoms with Crippen molar-refractivity contribution in [3.63, 3.8) is 0 Å². The fraction of sp³-hybridized carbons (Fsp3) is 0.0385. The van der Waals surface area contributed by atoms with Gasteiger partial charge in [-0.15, -0.1) is 11.3 Å². The average Bonchev–Trinajstić information content (AvgIpc) is 3.97. The Kier molecular flexibility index (Phi) is 7.19. The summed E-state index contributed by atoms with van der Waals surface area (Å²) in [4.78, 5) is 11.0. The molecule has 5 heteroatoms. The highest BCUT2D eigenvalue weighted by molar-refractivity contribution is 7.17. The van der Waals surface area contributed by atoms with Crippen LogP contribution in [0.4, 0.5) is 0 Å². The van der Waals surface area contributed by atoms with E-state index in [2.05, 4.69) is 197 Å². The normalized spacial score (nSPS) is 14.3. The third-order valence-electron chi connectivity index (χ3n) is 11.7. The average molecular weight is 747 g/mol. The highest BCUT2D eigenvalue weighted by Gasteiger charge is 2.24. The number of aromatic nitrogens is 4. The van der Waals surface area contributed by atoms with Crippen LogP contribution in [0.3, 0.4) is 0 Å². The van der Waals surface area contributed by atoms with E-state index in [0.717, 1.165) is 44.6 Å². The second-order valence-corrected chi connectivity index (χ2v) is 15.8. The second-order valence-electron chi connectivity index (χ2n) is 14.9. The number of fused-ring (bicyclic) bond motifs is 9. The van der Waals surface area contributed by atoms with E-state index in [1.807, 2.05) is 0 Å². The topological polar surface area (TPSA) is 35.6 Å². The van der Waals surface area contributed by atoms with Gasteiger partial charge in [0.05, 0.1) is 38.0 Å². The molecule has 0 N–H and O–H groups in total. The molecule has 1 aliphatic carbocycles. The van der Waals surface area contributed by atoms with Crippen LogP contribution in [0, 0.1) is 0 Å². The van der Waals surface area contributed by atoms with Crippen molar-refractivity contribution in [2.75, 3.05) is 0 Å². The van der Waals surface area contributed by atoms with Gasteiger partial charge in [0, 0.05) is 44.3 Å². The van der Waals surface area contributed by atoms with Crippen molar-refractivity contribution in [2.45, 2.75) is 12.3 Å². The highest BCUT2D eigenvalue weighted by atomic mass is 32.1. The maximum Gasteiger partial charge on any atom is 0.235 e. The summed E-state index contributed by atoms with van der Waals surface area (Å²) in [6.07, 6.45) is 9.82. The van der Waals surface area contributed by atoms with Crippen LogP contribution >= 0.6 is 11.3 Å². The third kappa shape index (κ3) is 4.92. The Morgan fingerprint density at radius 2 is 1.32 bits per heavy atom. The number of hydrogen-bond acceptors (Lipinski definition) is 3. The van der Waals surface area contributed by atoms with E-state index in [1.54, 1.807) is 11.3 Å². The van der Waals surface area contributed by atoms with Crippen molar-refractivity contribution < 1.29 is 0 Å². The lowest BCUT2D eigenvalue weighted by Gasteiger charge is -2.14. The molecule has 1 aliphatic rings. The van der Waals surface area contributed by atoms with Gasteiger partial charge in [0.25, 0.3) is 0 Å². The first-order chi connectivity index (χ1) is 28.3. The Labute approximate surface area is 332 Å². The SMILES string of the molecule is C1=CCC(c2csc3c(-c4ccccc4)nc(-n4c5ccc(-c6cccc7c8ccccc8n(-c8ccccc8)c67)cc5c5c6ccccc6ccc54)nc23)C=C1. The Morgan fingerprint density at radius 1 is 0.561 bits per heavy atom. The van der Waals surface area contributed by atoms with Crippen LogP contribution in [-0.4, -0.2) is 19.1 Å². The van der Waals surface area contributed by atoms with E-state index in [0.29, 0.717) is 5.95 Å². The van der Waals surface area contributed by atoms with Crippen molar-refractivity contribution in [1.82, 2.24) is 19.1 Å². The van der Waals surface area contributed by atoms with E-state index in [1.165, 1.54) is 60.0 Å². The fourth-order valence-corrected chi connectivity index (χ4v) is 10.2. The molecule has 0 fully saturated rings. The van der Waals surface area contributed by atoms with Gasteiger partial charge in [-0.2, -0.15) is 0 Å². The molecule has 57 heavy (non-hydrogen) atoms. The maximum atomic E-state index is 5.51. The van der Waals surface area contributed by atoms with Crippen LogP contribution in [0.25, 0.3) is 98.6 Å². The monoisotopic (exact) mass is 746 g/mol. The summed E-state index contributed by atoms with van der Waals surface area (Å²) in [5.74, 6) is 0.958. The van der Waals surface area contributed by atoms with Crippen molar-refractivity contribution in [2.24, 2.45) is 0 Å². The zero-order valence-corrected chi connectivity index (χ0v) is 31.7. The van der Waals surface area contributed by atoms with Gasteiger partial charge in [-0.1, -0.05) is 146 Å². The largest absolute Gasteiger partial charge is 0.309 e. The Hall–Kier alpha value is -7.08. The molecule has 0 saturated heterocycles. The van der Waals surface area contributed by atoms with Gasteiger partial charge in [-0.05, 0) is 70.1 Å². The zero-order chi connectivity index (χ0) is 37.5. The summed E-state index contributed by atoms with van der Waals surface area (Å²) in [7, 11) is 0. The molecule has 0 bridgehead atoms. The predicted molar refractivity (Wildman–Crippen MR) is 240 cm³/mol. The van der Waals surface area contributed by atoms with Gasteiger partial charge in [0.1, 0.15) is 0 Å². The van der Waals surface area contributed by atoms with Gasteiger partial charge in [0.2, 0.25) is 5.95 Å². The Morgan fingerprint density at radius 3 is 2.18 bits per heavy atom. The van der Waals surface area contributed by atoms with Crippen LogP contribution in [0.5, 0.6) is 0 Å². The minimum atomic E-state index is 0.272. The van der Waals surface area contributed by atoms with Gasteiger partial charge < -0.3 is 4.57 Å².